The van der Waals surface area contributed by atoms with Crippen LogP contribution in [-0.2, 0) is 6.42 Å². The Morgan fingerprint density at radius 1 is 0.950 bits per heavy atom. The van der Waals surface area contributed by atoms with Crippen LogP contribution in [0.15, 0.2) is 48.5 Å². The molecule has 2 rings (SSSR count). The number of ether oxygens (including phenoxy) is 1. The van der Waals surface area contributed by atoms with E-state index in [1.54, 1.807) is 0 Å². The highest BCUT2D eigenvalue weighted by atomic mass is 16.5. The lowest BCUT2D eigenvalue weighted by Gasteiger charge is -2.09. The minimum atomic E-state index is 0.763. The molecule has 0 radical (unpaired) electrons. The maximum atomic E-state index is 5.81. The van der Waals surface area contributed by atoms with Crippen LogP contribution in [0.5, 0.6) is 5.75 Å². The summed E-state index contributed by atoms with van der Waals surface area (Å²) in [5.41, 5.74) is 3.90. The lowest BCUT2D eigenvalue weighted by atomic mass is 10.1. The smallest absolute Gasteiger partial charge is 0.137 e. The zero-order chi connectivity index (χ0) is 14.2. The molecule has 0 fully saturated rings. The van der Waals surface area contributed by atoms with Crippen LogP contribution >= 0.6 is 0 Å². The van der Waals surface area contributed by atoms with Gasteiger partial charge in [0.2, 0.25) is 0 Å². The van der Waals surface area contributed by atoms with Crippen molar-refractivity contribution in [3.63, 3.8) is 0 Å². The average molecular weight is 270 g/mol. The van der Waals surface area contributed by atoms with Crippen LogP contribution in [0.1, 0.15) is 16.7 Å². The molecule has 0 aliphatic rings. The van der Waals surface area contributed by atoms with Crippen LogP contribution in [0.25, 0.3) is 0 Å². The Hall–Kier alpha value is -1.80. The molecular formula is C18H24NO+. The molecule has 0 aromatic heterocycles. The molecule has 2 nitrogen and oxygen atoms in total. The van der Waals surface area contributed by atoms with E-state index >= 15 is 0 Å². The van der Waals surface area contributed by atoms with Crippen molar-refractivity contribution in [3.8, 4) is 5.75 Å². The maximum Gasteiger partial charge on any atom is 0.137 e. The molecule has 0 heterocycles. The van der Waals surface area contributed by atoms with Crippen LogP contribution in [0.2, 0.25) is 0 Å². The minimum absolute atomic E-state index is 0.763. The second-order valence-electron chi connectivity index (χ2n) is 5.22. The van der Waals surface area contributed by atoms with Crippen LogP contribution < -0.4 is 10.1 Å². The summed E-state index contributed by atoms with van der Waals surface area (Å²) in [6.07, 6.45) is 1.12. The molecule has 20 heavy (non-hydrogen) atoms. The summed E-state index contributed by atoms with van der Waals surface area (Å²) in [4.78, 5) is 0. The van der Waals surface area contributed by atoms with Crippen molar-refractivity contribution in [1.82, 2.24) is 0 Å². The van der Waals surface area contributed by atoms with Gasteiger partial charge in [0.1, 0.15) is 18.9 Å². The Bertz CT molecular complexity index is 522. The van der Waals surface area contributed by atoms with Crippen LogP contribution in [0.4, 0.5) is 0 Å². The fourth-order valence-corrected chi connectivity index (χ4v) is 2.27. The third kappa shape index (κ3) is 4.71. The van der Waals surface area contributed by atoms with Gasteiger partial charge in [-0.3, -0.25) is 0 Å². The molecule has 0 saturated heterocycles. The van der Waals surface area contributed by atoms with Crippen molar-refractivity contribution >= 4 is 0 Å². The Morgan fingerprint density at radius 2 is 1.75 bits per heavy atom. The maximum absolute atomic E-state index is 5.81. The Labute approximate surface area is 121 Å². The van der Waals surface area contributed by atoms with Crippen molar-refractivity contribution in [2.45, 2.75) is 20.3 Å². The lowest BCUT2D eigenvalue weighted by Crippen LogP contribution is -2.85. The number of aryl methyl sites for hydroxylation is 2. The molecule has 0 bridgehead atoms. The van der Waals surface area contributed by atoms with Gasteiger partial charge in [-0.25, -0.2) is 0 Å². The van der Waals surface area contributed by atoms with Gasteiger partial charge in [0.05, 0.1) is 6.54 Å². The largest absolute Gasteiger partial charge is 0.487 e. The number of rotatable bonds is 7. The standard InChI is InChI=1S/C18H23NO/c1-15-8-9-18(16(2)14-15)20-13-12-19-11-10-17-6-4-3-5-7-17/h3-9,14,19H,10-13H2,1-2H3/p+1. The van der Waals surface area contributed by atoms with Crippen molar-refractivity contribution in [1.29, 1.82) is 0 Å². The van der Waals surface area contributed by atoms with E-state index in [0.717, 1.165) is 31.9 Å². The van der Waals surface area contributed by atoms with Crippen LogP contribution in [0.3, 0.4) is 0 Å². The van der Waals surface area contributed by atoms with Gasteiger partial charge in [-0.2, -0.15) is 0 Å². The fraction of sp³-hybridized carbons (Fsp3) is 0.333. The number of hydrogen-bond acceptors (Lipinski definition) is 1. The number of quaternary nitrogens is 1. The van der Waals surface area contributed by atoms with Gasteiger partial charge < -0.3 is 10.1 Å². The molecule has 2 heteroatoms. The van der Waals surface area contributed by atoms with E-state index in [4.69, 9.17) is 4.74 Å². The first kappa shape index (κ1) is 14.6. The summed E-state index contributed by atoms with van der Waals surface area (Å²) in [6.45, 7) is 7.08. The molecule has 0 amide bonds. The fourth-order valence-electron chi connectivity index (χ4n) is 2.27. The van der Waals surface area contributed by atoms with Crippen molar-refractivity contribution in [2.24, 2.45) is 0 Å². The van der Waals surface area contributed by atoms with E-state index in [2.05, 4.69) is 67.7 Å². The van der Waals surface area contributed by atoms with E-state index in [0.29, 0.717) is 0 Å². The molecule has 2 aromatic rings. The molecule has 0 saturated carbocycles. The quantitative estimate of drug-likeness (QED) is 0.769. The number of hydrogen-bond donors (Lipinski definition) is 1. The number of benzene rings is 2. The summed E-state index contributed by atoms with van der Waals surface area (Å²) < 4.78 is 5.81. The third-order valence-corrected chi connectivity index (χ3v) is 3.39. The molecule has 2 N–H and O–H groups in total. The van der Waals surface area contributed by atoms with Gasteiger partial charge in [0.15, 0.2) is 0 Å². The Balaban J connectivity index is 1.62. The average Bonchev–Trinajstić information content (AvgIpc) is 2.46. The second-order valence-corrected chi connectivity index (χ2v) is 5.22. The first-order chi connectivity index (χ1) is 9.75. The van der Waals surface area contributed by atoms with Gasteiger partial charge in [-0.05, 0) is 31.0 Å². The number of nitrogens with two attached hydrogens (primary N) is 1. The molecular weight excluding hydrogens is 246 g/mol. The van der Waals surface area contributed by atoms with Crippen molar-refractivity contribution in [2.75, 3.05) is 19.7 Å². The van der Waals surface area contributed by atoms with E-state index in [-0.39, 0.29) is 0 Å². The predicted molar refractivity (Wildman–Crippen MR) is 83.2 cm³/mol. The van der Waals surface area contributed by atoms with E-state index in [1.807, 2.05) is 0 Å². The highest BCUT2D eigenvalue weighted by Crippen LogP contribution is 2.18. The zero-order valence-corrected chi connectivity index (χ0v) is 12.4. The highest BCUT2D eigenvalue weighted by molar-refractivity contribution is 5.35. The molecule has 0 unspecified atom stereocenters. The SMILES string of the molecule is Cc1ccc(OCC[NH2+]CCc2ccccc2)c(C)c1. The van der Waals surface area contributed by atoms with Crippen LogP contribution in [0, 0.1) is 13.8 Å². The predicted octanol–water partition coefficient (Wildman–Crippen LogP) is 2.49. The monoisotopic (exact) mass is 270 g/mol. The van der Waals surface area contributed by atoms with E-state index < -0.39 is 0 Å². The van der Waals surface area contributed by atoms with Gasteiger partial charge in [0, 0.05) is 6.42 Å². The van der Waals surface area contributed by atoms with Crippen molar-refractivity contribution in [3.05, 3.63) is 65.2 Å². The van der Waals surface area contributed by atoms with E-state index in [9.17, 15) is 0 Å². The van der Waals surface area contributed by atoms with E-state index in [1.165, 1.54) is 16.7 Å². The Morgan fingerprint density at radius 3 is 2.50 bits per heavy atom. The summed E-state index contributed by atoms with van der Waals surface area (Å²) in [7, 11) is 0. The topological polar surface area (TPSA) is 25.8 Å². The van der Waals surface area contributed by atoms with Crippen molar-refractivity contribution < 1.29 is 10.1 Å². The molecule has 0 aliphatic heterocycles. The Kier molecular flexibility index (Phi) is 5.63. The molecule has 0 spiro atoms. The first-order valence-corrected chi connectivity index (χ1v) is 7.31. The van der Waals surface area contributed by atoms with Crippen LogP contribution in [-0.4, -0.2) is 19.7 Å². The lowest BCUT2D eigenvalue weighted by molar-refractivity contribution is -0.654. The zero-order valence-electron chi connectivity index (χ0n) is 12.4. The first-order valence-electron chi connectivity index (χ1n) is 7.31. The van der Waals surface area contributed by atoms with Gasteiger partial charge >= 0.3 is 0 Å². The summed E-state index contributed by atoms with van der Waals surface area (Å²) >= 11 is 0. The molecule has 0 atom stereocenters. The highest BCUT2D eigenvalue weighted by Gasteiger charge is 2.00. The van der Waals surface area contributed by atoms with Gasteiger partial charge in [-0.1, -0.05) is 48.0 Å². The molecule has 0 aliphatic carbocycles. The normalized spacial score (nSPS) is 10.5. The minimum Gasteiger partial charge on any atom is -0.487 e. The summed E-state index contributed by atoms with van der Waals surface area (Å²) in [5.74, 6) is 1.01. The third-order valence-electron chi connectivity index (χ3n) is 3.39. The van der Waals surface area contributed by atoms with Gasteiger partial charge in [0.25, 0.3) is 0 Å². The summed E-state index contributed by atoms with van der Waals surface area (Å²) in [5, 5.41) is 2.32. The molecule has 106 valence electrons. The summed E-state index contributed by atoms with van der Waals surface area (Å²) in [6, 6.07) is 16.9. The molecule has 2 aromatic carbocycles. The second kappa shape index (κ2) is 7.71. The van der Waals surface area contributed by atoms with Gasteiger partial charge in [-0.15, -0.1) is 0 Å².